The van der Waals surface area contributed by atoms with Crippen LogP contribution in [0.25, 0.3) is 0 Å². The summed E-state index contributed by atoms with van der Waals surface area (Å²) in [6, 6.07) is 8.47. The first-order valence-electron chi connectivity index (χ1n) is 13.2. The van der Waals surface area contributed by atoms with Crippen LogP contribution < -0.4 is 0 Å². The molecule has 0 heterocycles. The van der Waals surface area contributed by atoms with Crippen molar-refractivity contribution in [2.75, 3.05) is 19.0 Å². The van der Waals surface area contributed by atoms with E-state index in [0.29, 0.717) is 17.9 Å². The van der Waals surface area contributed by atoms with Crippen molar-refractivity contribution in [3.63, 3.8) is 0 Å². The normalized spacial score (nSPS) is 17.7. The molecule has 0 fully saturated rings. The van der Waals surface area contributed by atoms with E-state index in [9.17, 15) is 18.6 Å². The lowest BCUT2D eigenvalue weighted by atomic mass is 9.91. The van der Waals surface area contributed by atoms with E-state index in [-0.39, 0.29) is 24.2 Å². The van der Waals surface area contributed by atoms with E-state index in [0.717, 1.165) is 24.0 Å². The molecule has 0 aromatic heterocycles. The first-order chi connectivity index (χ1) is 17.3. The van der Waals surface area contributed by atoms with E-state index >= 15 is 0 Å². The number of aliphatic hydroxyl groups is 2. The Kier molecular flexibility index (Phi) is 14.6. The molecule has 210 valence electrons. The standard InChI is InChI=1S/C30H48O6S/c1-8-35-26(6)36-28(19-24(4)13-12-14-25(5)21-31)20-30(7,32)18-17-27(23(2)3)22-37(33,34)29-15-10-9-11-16-29/h9-11,14-19,23,26-28,31-32H,8,12-13,20-22H2,1-7H3/b18-17+,24-19+,25-14+. The fraction of sp³-hybridized carbons (Fsp3) is 0.600. The van der Waals surface area contributed by atoms with E-state index in [1.807, 2.05) is 59.8 Å². The van der Waals surface area contributed by atoms with Crippen LogP contribution in [0.2, 0.25) is 0 Å². The van der Waals surface area contributed by atoms with Crippen molar-refractivity contribution in [3.05, 3.63) is 65.8 Å². The monoisotopic (exact) mass is 536 g/mol. The van der Waals surface area contributed by atoms with Gasteiger partial charge in [-0.05, 0) is 71.4 Å². The third kappa shape index (κ3) is 13.5. The highest BCUT2D eigenvalue weighted by Crippen LogP contribution is 2.25. The lowest BCUT2D eigenvalue weighted by molar-refractivity contribution is -0.154. The summed E-state index contributed by atoms with van der Waals surface area (Å²) in [6.07, 6.45) is 8.65. The molecule has 2 N–H and O–H groups in total. The second kappa shape index (κ2) is 16.2. The predicted octanol–water partition coefficient (Wildman–Crippen LogP) is 5.86. The van der Waals surface area contributed by atoms with Gasteiger partial charge in [0.25, 0.3) is 0 Å². The quantitative estimate of drug-likeness (QED) is 0.191. The smallest absolute Gasteiger partial charge is 0.178 e. The van der Waals surface area contributed by atoms with Crippen molar-refractivity contribution in [1.29, 1.82) is 0 Å². The molecule has 0 amide bonds. The molecule has 1 aromatic rings. The number of allylic oxidation sites excluding steroid dienone is 3. The van der Waals surface area contributed by atoms with Gasteiger partial charge in [-0.2, -0.15) is 0 Å². The van der Waals surface area contributed by atoms with Gasteiger partial charge in [-0.3, -0.25) is 0 Å². The van der Waals surface area contributed by atoms with Crippen molar-refractivity contribution in [2.45, 2.75) is 90.6 Å². The highest BCUT2D eigenvalue weighted by Gasteiger charge is 2.26. The highest BCUT2D eigenvalue weighted by atomic mass is 32.2. The molecule has 0 aliphatic heterocycles. The van der Waals surface area contributed by atoms with Gasteiger partial charge in [-0.15, -0.1) is 0 Å². The lowest BCUT2D eigenvalue weighted by Gasteiger charge is -2.28. The zero-order valence-electron chi connectivity index (χ0n) is 23.7. The summed E-state index contributed by atoms with van der Waals surface area (Å²) in [7, 11) is -3.45. The Balaban J connectivity index is 3.03. The molecule has 0 aliphatic rings. The molecule has 4 atom stereocenters. The SMILES string of the molecule is CCOC(C)OC(/C=C(\C)CC/C=C(\C)CO)CC(C)(O)/C=C/C(CS(=O)(=O)c1ccccc1)C(C)C. The summed E-state index contributed by atoms with van der Waals surface area (Å²) in [5.74, 6) is -0.201. The summed E-state index contributed by atoms with van der Waals surface area (Å²) < 4.78 is 37.6. The summed E-state index contributed by atoms with van der Waals surface area (Å²) in [6.45, 7) is 13.9. The van der Waals surface area contributed by atoms with Crippen LogP contribution in [0.15, 0.2) is 70.7 Å². The van der Waals surface area contributed by atoms with Gasteiger partial charge in [0.05, 0.1) is 29.0 Å². The Morgan fingerprint density at radius 1 is 1.11 bits per heavy atom. The molecule has 0 saturated heterocycles. The molecule has 0 bridgehead atoms. The maximum Gasteiger partial charge on any atom is 0.178 e. The molecular weight excluding hydrogens is 488 g/mol. The molecule has 7 heteroatoms. The molecule has 0 aliphatic carbocycles. The lowest BCUT2D eigenvalue weighted by Crippen LogP contribution is -2.32. The van der Waals surface area contributed by atoms with Gasteiger partial charge in [0.1, 0.15) is 0 Å². The average molecular weight is 537 g/mol. The Labute approximate surface area is 225 Å². The van der Waals surface area contributed by atoms with Crippen LogP contribution in [0.1, 0.15) is 67.7 Å². The van der Waals surface area contributed by atoms with Gasteiger partial charge in [0.2, 0.25) is 0 Å². The molecule has 1 rings (SSSR count). The first kappa shape index (κ1) is 33.3. The molecule has 6 nitrogen and oxygen atoms in total. The summed E-state index contributed by atoms with van der Waals surface area (Å²) in [5.41, 5.74) is 0.835. The van der Waals surface area contributed by atoms with Gasteiger partial charge in [0, 0.05) is 13.0 Å². The van der Waals surface area contributed by atoms with E-state index in [1.54, 1.807) is 43.3 Å². The van der Waals surface area contributed by atoms with Crippen LogP contribution >= 0.6 is 0 Å². The second-order valence-corrected chi connectivity index (χ2v) is 12.4. The van der Waals surface area contributed by atoms with Crippen LogP contribution in [-0.2, 0) is 19.3 Å². The maximum atomic E-state index is 12.9. The maximum absolute atomic E-state index is 12.9. The van der Waals surface area contributed by atoms with Crippen molar-refractivity contribution in [3.8, 4) is 0 Å². The van der Waals surface area contributed by atoms with Crippen LogP contribution in [0.5, 0.6) is 0 Å². The minimum atomic E-state index is -3.45. The van der Waals surface area contributed by atoms with Gasteiger partial charge >= 0.3 is 0 Å². The van der Waals surface area contributed by atoms with Crippen molar-refractivity contribution < 1.29 is 28.1 Å². The second-order valence-electron chi connectivity index (χ2n) is 10.4. The van der Waals surface area contributed by atoms with E-state index in [1.165, 1.54) is 0 Å². The molecule has 4 unspecified atom stereocenters. The van der Waals surface area contributed by atoms with Crippen molar-refractivity contribution >= 4 is 9.84 Å². The summed E-state index contributed by atoms with van der Waals surface area (Å²) in [5, 5.41) is 20.4. The Morgan fingerprint density at radius 2 is 1.76 bits per heavy atom. The zero-order chi connectivity index (χ0) is 28.1. The van der Waals surface area contributed by atoms with Crippen LogP contribution in [0.3, 0.4) is 0 Å². The highest BCUT2D eigenvalue weighted by molar-refractivity contribution is 7.91. The fourth-order valence-electron chi connectivity index (χ4n) is 3.93. The fourth-order valence-corrected chi connectivity index (χ4v) is 5.70. The van der Waals surface area contributed by atoms with Gasteiger partial charge in [0.15, 0.2) is 16.1 Å². The molecule has 1 aromatic carbocycles. The number of ether oxygens (including phenoxy) is 2. The third-order valence-corrected chi connectivity index (χ3v) is 8.02. The number of benzene rings is 1. The largest absolute Gasteiger partial charge is 0.392 e. The van der Waals surface area contributed by atoms with Gasteiger partial charge in [-0.25, -0.2) is 8.42 Å². The van der Waals surface area contributed by atoms with Crippen molar-refractivity contribution in [1.82, 2.24) is 0 Å². The number of rotatable bonds is 17. The summed E-state index contributed by atoms with van der Waals surface area (Å²) >= 11 is 0. The predicted molar refractivity (Wildman–Crippen MR) is 151 cm³/mol. The molecule has 0 saturated carbocycles. The average Bonchev–Trinajstić information content (AvgIpc) is 2.81. The van der Waals surface area contributed by atoms with E-state index in [4.69, 9.17) is 9.47 Å². The molecule has 37 heavy (non-hydrogen) atoms. The minimum absolute atomic E-state index is 0.0254. The van der Waals surface area contributed by atoms with Crippen molar-refractivity contribution in [2.24, 2.45) is 11.8 Å². The van der Waals surface area contributed by atoms with E-state index < -0.39 is 27.8 Å². The Bertz CT molecular complexity index is 977. The van der Waals surface area contributed by atoms with Crippen LogP contribution in [0.4, 0.5) is 0 Å². The number of aliphatic hydroxyl groups excluding tert-OH is 1. The van der Waals surface area contributed by atoms with Gasteiger partial charge < -0.3 is 19.7 Å². The number of hydrogen-bond donors (Lipinski definition) is 2. The molecule has 0 spiro atoms. The molecular formula is C30H48O6S. The third-order valence-electron chi connectivity index (χ3n) is 6.21. The zero-order valence-corrected chi connectivity index (χ0v) is 24.5. The van der Waals surface area contributed by atoms with Gasteiger partial charge in [-0.1, -0.05) is 67.5 Å². The Morgan fingerprint density at radius 3 is 2.32 bits per heavy atom. The van der Waals surface area contributed by atoms with E-state index in [2.05, 4.69) is 0 Å². The van der Waals surface area contributed by atoms with Crippen LogP contribution in [-0.4, -0.2) is 55.6 Å². The topological polar surface area (TPSA) is 93.1 Å². The van der Waals surface area contributed by atoms with Crippen LogP contribution in [0, 0.1) is 11.8 Å². The number of sulfone groups is 1. The minimum Gasteiger partial charge on any atom is -0.392 e. The Hall–Kier alpha value is -1.77. The number of hydrogen-bond acceptors (Lipinski definition) is 6. The summed E-state index contributed by atoms with van der Waals surface area (Å²) in [4.78, 5) is 0.309. The first-order valence-corrected chi connectivity index (χ1v) is 14.8. The molecule has 0 radical (unpaired) electrons.